The van der Waals surface area contributed by atoms with Gasteiger partial charge < -0.3 is 10.2 Å². The van der Waals surface area contributed by atoms with Crippen LogP contribution in [0.2, 0.25) is 0 Å². The molecule has 0 amide bonds. The van der Waals surface area contributed by atoms with Crippen LogP contribution < -0.4 is 5.73 Å². The maximum atomic E-state index is 6.04. The Balaban J connectivity index is 1.92. The number of hydrogen-bond donors (Lipinski definition) is 1. The SMILES string of the molecule is Cc1cccc(SCC(N)c2ccoc2)c1. The lowest BCUT2D eigenvalue weighted by atomic mass is 10.2. The van der Waals surface area contributed by atoms with Gasteiger partial charge in [-0.1, -0.05) is 17.7 Å². The fraction of sp³-hybridized carbons (Fsp3) is 0.231. The molecule has 0 saturated carbocycles. The normalized spacial score (nSPS) is 12.6. The average molecular weight is 233 g/mol. The largest absolute Gasteiger partial charge is 0.472 e. The zero-order valence-corrected chi connectivity index (χ0v) is 10.0. The first-order chi connectivity index (χ1) is 7.75. The summed E-state index contributed by atoms with van der Waals surface area (Å²) in [5, 5.41) is 0. The molecule has 2 aromatic rings. The fourth-order valence-corrected chi connectivity index (χ4v) is 2.48. The first-order valence-corrected chi connectivity index (χ1v) is 6.21. The molecule has 1 aromatic heterocycles. The van der Waals surface area contributed by atoms with Crippen molar-refractivity contribution in [2.24, 2.45) is 5.73 Å². The highest BCUT2D eigenvalue weighted by molar-refractivity contribution is 7.99. The molecule has 2 rings (SSSR count). The van der Waals surface area contributed by atoms with Crippen molar-refractivity contribution < 1.29 is 4.42 Å². The van der Waals surface area contributed by atoms with E-state index in [1.807, 2.05) is 6.07 Å². The maximum Gasteiger partial charge on any atom is 0.0950 e. The molecule has 2 N–H and O–H groups in total. The van der Waals surface area contributed by atoms with Gasteiger partial charge in [-0.25, -0.2) is 0 Å². The second kappa shape index (κ2) is 5.23. The van der Waals surface area contributed by atoms with E-state index in [0.29, 0.717) is 0 Å². The molecule has 0 fully saturated rings. The van der Waals surface area contributed by atoms with Gasteiger partial charge in [-0.3, -0.25) is 0 Å². The van der Waals surface area contributed by atoms with Gasteiger partial charge in [0.25, 0.3) is 0 Å². The van der Waals surface area contributed by atoms with Gasteiger partial charge >= 0.3 is 0 Å². The molecule has 0 saturated heterocycles. The summed E-state index contributed by atoms with van der Waals surface area (Å²) in [5.41, 5.74) is 8.38. The molecule has 2 nitrogen and oxygen atoms in total. The molecule has 0 aliphatic heterocycles. The van der Waals surface area contributed by atoms with Crippen LogP contribution in [0.5, 0.6) is 0 Å². The van der Waals surface area contributed by atoms with Crippen LogP contribution >= 0.6 is 11.8 Å². The minimum absolute atomic E-state index is 0.0317. The summed E-state index contributed by atoms with van der Waals surface area (Å²) in [5.74, 6) is 0.864. The van der Waals surface area contributed by atoms with Crippen molar-refractivity contribution in [3.63, 3.8) is 0 Å². The molecule has 0 aliphatic carbocycles. The second-order valence-electron chi connectivity index (χ2n) is 3.79. The van der Waals surface area contributed by atoms with E-state index in [1.54, 1.807) is 24.3 Å². The van der Waals surface area contributed by atoms with E-state index in [1.165, 1.54) is 10.5 Å². The van der Waals surface area contributed by atoms with Gasteiger partial charge in [0.1, 0.15) is 0 Å². The molecule has 0 aliphatic rings. The monoisotopic (exact) mass is 233 g/mol. The van der Waals surface area contributed by atoms with Crippen molar-refractivity contribution in [2.45, 2.75) is 17.9 Å². The number of aryl methyl sites for hydroxylation is 1. The Hall–Kier alpha value is -1.19. The molecular formula is C13H15NOS. The smallest absolute Gasteiger partial charge is 0.0950 e. The quantitative estimate of drug-likeness (QED) is 0.823. The molecule has 1 heterocycles. The predicted octanol–water partition coefficient (Wildman–Crippen LogP) is 3.38. The van der Waals surface area contributed by atoms with Crippen molar-refractivity contribution in [3.05, 3.63) is 54.0 Å². The minimum Gasteiger partial charge on any atom is -0.472 e. The molecular weight excluding hydrogens is 218 g/mol. The van der Waals surface area contributed by atoms with Crippen molar-refractivity contribution in [1.29, 1.82) is 0 Å². The summed E-state index contributed by atoms with van der Waals surface area (Å²) in [6.45, 7) is 2.10. The van der Waals surface area contributed by atoms with E-state index >= 15 is 0 Å². The molecule has 16 heavy (non-hydrogen) atoms. The van der Waals surface area contributed by atoms with Gasteiger partial charge in [0.15, 0.2) is 0 Å². The van der Waals surface area contributed by atoms with Gasteiger partial charge in [0.05, 0.1) is 12.5 Å². The maximum absolute atomic E-state index is 6.04. The Morgan fingerprint density at radius 2 is 2.25 bits per heavy atom. The molecule has 0 spiro atoms. The lowest BCUT2D eigenvalue weighted by Crippen LogP contribution is -2.11. The van der Waals surface area contributed by atoms with Gasteiger partial charge in [0, 0.05) is 22.3 Å². The number of rotatable bonds is 4. The zero-order chi connectivity index (χ0) is 11.4. The Bertz CT molecular complexity index is 439. The van der Waals surface area contributed by atoms with Gasteiger partial charge in [-0.15, -0.1) is 11.8 Å². The summed E-state index contributed by atoms with van der Waals surface area (Å²) >= 11 is 1.77. The third-order valence-corrected chi connectivity index (χ3v) is 3.50. The van der Waals surface area contributed by atoms with E-state index in [4.69, 9.17) is 10.2 Å². The van der Waals surface area contributed by atoms with Crippen molar-refractivity contribution in [1.82, 2.24) is 0 Å². The van der Waals surface area contributed by atoms with Crippen LogP contribution in [0.1, 0.15) is 17.2 Å². The Morgan fingerprint density at radius 3 is 2.94 bits per heavy atom. The number of hydrogen-bond acceptors (Lipinski definition) is 3. The molecule has 84 valence electrons. The standard InChI is InChI=1S/C13H15NOS/c1-10-3-2-4-12(7-10)16-9-13(14)11-5-6-15-8-11/h2-8,13H,9,14H2,1H3. The van der Waals surface area contributed by atoms with Gasteiger partial charge in [-0.2, -0.15) is 0 Å². The highest BCUT2D eigenvalue weighted by Gasteiger charge is 2.07. The predicted molar refractivity (Wildman–Crippen MR) is 67.5 cm³/mol. The summed E-state index contributed by atoms with van der Waals surface area (Å²) in [6, 6.07) is 10.4. The summed E-state index contributed by atoms with van der Waals surface area (Å²) < 4.78 is 5.02. The summed E-state index contributed by atoms with van der Waals surface area (Å²) in [6.07, 6.45) is 3.37. The highest BCUT2D eigenvalue weighted by atomic mass is 32.2. The molecule has 1 atom stereocenters. The Labute approximate surface area is 99.8 Å². The van der Waals surface area contributed by atoms with Crippen LogP contribution in [-0.2, 0) is 0 Å². The first-order valence-electron chi connectivity index (χ1n) is 5.23. The Kier molecular flexibility index (Phi) is 3.70. The first kappa shape index (κ1) is 11.3. The molecule has 0 bridgehead atoms. The fourth-order valence-electron chi connectivity index (χ4n) is 1.47. The van der Waals surface area contributed by atoms with Crippen molar-refractivity contribution >= 4 is 11.8 Å². The Morgan fingerprint density at radius 1 is 1.38 bits per heavy atom. The summed E-state index contributed by atoms with van der Waals surface area (Å²) in [4.78, 5) is 1.26. The molecule has 1 unspecified atom stereocenters. The lowest BCUT2D eigenvalue weighted by molar-refractivity contribution is 0.561. The number of benzene rings is 1. The second-order valence-corrected chi connectivity index (χ2v) is 4.88. The van der Waals surface area contributed by atoms with Crippen LogP contribution in [0.15, 0.2) is 52.2 Å². The van der Waals surface area contributed by atoms with Crippen molar-refractivity contribution in [2.75, 3.05) is 5.75 Å². The van der Waals surface area contributed by atoms with Gasteiger partial charge in [-0.05, 0) is 25.1 Å². The van der Waals surface area contributed by atoms with Crippen LogP contribution in [0.3, 0.4) is 0 Å². The third-order valence-electron chi connectivity index (χ3n) is 2.39. The third kappa shape index (κ3) is 2.90. The molecule has 1 aromatic carbocycles. The topological polar surface area (TPSA) is 39.2 Å². The van der Waals surface area contributed by atoms with Gasteiger partial charge in [0.2, 0.25) is 0 Å². The molecule has 0 radical (unpaired) electrons. The van der Waals surface area contributed by atoms with Crippen LogP contribution in [0.25, 0.3) is 0 Å². The number of nitrogens with two attached hydrogens (primary N) is 1. The number of furan rings is 1. The van der Waals surface area contributed by atoms with Crippen LogP contribution in [0.4, 0.5) is 0 Å². The highest BCUT2D eigenvalue weighted by Crippen LogP contribution is 2.24. The lowest BCUT2D eigenvalue weighted by Gasteiger charge is -2.09. The number of thioether (sulfide) groups is 1. The van der Waals surface area contributed by atoms with E-state index < -0.39 is 0 Å². The van der Waals surface area contributed by atoms with Crippen LogP contribution in [-0.4, -0.2) is 5.75 Å². The van der Waals surface area contributed by atoms with Crippen molar-refractivity contribution in [3.8, 4) is 0 Å². The van der Waals surface area contributed by atoms with E-state index in [2.05, 4.69) is 31.2 Å². The van der Waals surface area contributed by atoms with E-state index in [0.717, 1.165) is 11.3 Å². The zero-order valence-electron chi connectivity index (χ0n) is 9.22. The molecule has 3 heteroatoms. The summed E-state index contributed by atoms with van der Waals surface area (Å²) in [7, 11) is 0. The van der Waals surface area contributed by atoms with E-state index in [-0.39, 0.29) is 6.04 Å². The average Bonchev–Trinajstić information content (AvgIpc) is 2.79. The minimum atomic E-state index is 0.0317. The van der Waals surface area contributed by atoms with E-state index in [9.17, 15) is 0 Å². The van der Waals surface area contributed by atoms with Crippen LogP contribution in [0, 0.1) is 6.92 Å².